The number of ether oxygens (including phenoxy) is 1. The molecule has 0 saturated carbocycles. The Kier molecular flexibility index (Phi) is 3.56. The van der Waals surface area contributed by atoms with Crippen molar-refractivity contribution in [2.75, 3.05) is 19.7 Å². The number of aryl methyl sites for hydroxylation is 1. The molecule has 0 bridgehead atoms. The fourth-order valence-electron chi connectivity index (χ4n) is 2.34. The summed E-state index contributed by atoms with van der Waals surface area (Å²) < 4.78 is 11.4. The summed E-state index contributed by atoms with van der Waals surface area (Å²) in [7, 11) is 0. The fourth-order valence-corrected chi connectivity index (χ4v) is 2.34. The Hall–Kier alpha value is -0.840. The zero-order valence-electron chi connectivity index (χ0n) is 11.0. The molecule has 4 heteroatoms. The Morgan fingerprint density at radius 1 is 1.47 bits per heavy atom. The molecule has 96 valence electrons. The average Bonchev–Trinajstić information content (AvgIpc) is 2.57. The molecule has 1 fully saturated rings. The lowest BCUT2D eigenvalue weighted by molar-refractivity contribution is -0.0894. The van der Waals surface area contributed by atoms with Gasteiger partial charge >= 0.3 is 0 Å². The molecule has 1 aliphatic rings. The quantitative estimate of drug-likeness (QED) is 0.870. The zero-order chi connectivity index (χ0) is 12.5. The van der Waals surface area contributed by atoms with Gasteiger partial charge in [0.2, 0.25) is 0 Å². The van der Waals surface area contributed by atoms with E-state index in [9.17, 15) is 0 Å². The van der Waals surface area contributed by atoms with E-state index in [-0.39, 0.29) is 5.60 Å². The van der Waals surface area contributed by atoms with E-state index in [0.29, 0.717) is 6.54 Å². The van der Waals surface area contributed by atoms with Crippen LogP contribution in [0.1, 0.15) is 30.9 Å². The Morgan fingerprint density at radius 3 is 2.82 bits per heavy atom. The number of nitrogens with two attached hydrogens (primary N) is 1. The molecule has 0 spiro atoms. The summed E-state index contributed by atoms with van der Waals surface area (Å²) in [6.07, 6.45) is 0. The SMILES string of the molecule is Cc1oc(CN2CCOC(C)(C)C2)cc1CN. The minimum Gasteiger partial charge on any atom is -0.465 e. The van der Waals surface area contributed by atoms with E-state index in [1.54, 1.807) is 0 Å². The van der Waals surface area contributed by atoms with Gasteiger partial charge in [-0.2, -0.15) is 0 Å². The van der Waals surface area contributed by atoms with E-state index in [1.807, 2.05) is 6.92 Å². The van der Waals surface area contributed by atoms with E-state index < -0.39 is 0 Å². The van der Waals surface area contributed by atoms with Crippen LogP contribution in [0, 0.1) is 6.92 Å². The molecule has 1 aliphatic heterocycles. The van der Waals surface area contributed by atoms with Crippen molar-refractivity contribution >= 4 is 0 Å². The maximum Gasteiger partial charge on any atom is 0.118 e. The third-order valence-corrected chi connectivity index (χ3v) is 3.18. The van der Waals surface area contributed by atoms with Crippen LogP contribution in [0.15, 0.2) is 10.5 Å². The van der Waals surface area contributed by atoms with Crippen LogP contribution in [0.5, 0.6) is 0 Å². The summed E-state index contributed by atoms with van der Waals surface area (Å²) >= 11 is 0. The number of rotatable bonds is 3. The van der Waals surface area contributed by atoms with Crippen LogP contribution >= 0.6 is 0 Å². The van der Waals surface area contributed by atoms with Crippen LogP contribution in [0.3, 0.4) is 0 Å². The maximum absolute atomic E-state index is 5.71. The summed E-state index contributed by atoms with van der Waals surface area (Å²) in [6, 6.07) is 2.07. The Labute approximate surface area is 103 Å². The van der Waals surface area contributed by atoms with Gasteiger partial charge in [0.1, 0.15) is 11.5 Å². The topological polar surface area (TPSA) is 51.6 Å². The van der Waals surface area contributed by atoms with Gasteiger partial charge in [-0.15, -0.1) is 0 Å². The molecular weight excluding hydrogens is 216 g/mol. The van der Waals surface area contributed by atoms with E-state index in [0.717, 1.165) is 43.3 Å². The monoisotopic (exact) mass is 238 g/mol. The van der Waals surface area contributed by atoms with Crippen LogP contribution in [-0.2, 0) is 17.8 Å². The lowest BCUT2D eigenvalue weighted by Crippen LogP contribution is -2.47. The van der Waals surface area contributed by atoms with Crippen molar-refractivity contribution in [3.63, 3.8) is 0 Å². The second-order valence-corrected chi connectivity index (χ2v) is 5.32. The zero-order valence-corrected chi connectivity index (χ0v) is 11.0. The van der Waals surface area contributed by atoms with Crippen molar-refractivity contribution < 1.29 is 9.15 Å². The standard InChI is InChI=1S/C13H22N2O2/c1-10-11(7-14)6-12(17-10)8-15-4-5-16-13(2,3)9-15/h6H,4-5,7-9,14H2,1-3H3. The molecule has 2 heterocycles. The first-order valence-corrected chi connectivity index (χ1v) is 6.15. The summed E-state index contributed by atoms with van der Waals surface area (Å²) in [5.41, 5.74) is 6.69. The molecule has 0 atom stereocenters. The van der Waals surface area contributed by atoms with E-state index >= 15 is 0 Å². The van der Waals surface area contributed by atoms with Crippen LogP contribution in [-0.4, -0.2) is 30.2 Å². The Bertz CT molecular complexity index is 385. The highest BCUT2D eigenvalue weighted by atomic mass is 16.5. The summed E-state index contributed by atoms with van der Waals surface area (Å²) in [5.74, 6) is 1.94. The van der Waals surface area contributed by atoms with E-state index in [4.69, 9.17) is 14.9 Å². The molecule has 1 aromatic heterocycles. The van der Waals surface area contributed by atoms with E-state index in [1.165, 1.54) is 0 Å². The van der Waals surface area contributed by atoms with Crippen molar-refractivity contribution in [1.82, 2.24) is 4.90 Å². The van der Waals surface area contributed by atoms with Crippen LogP contribution in [0.2, 0.25) is 0 Å². The lowest BCUT2D eigenvalue weighted by atomic mass is 10.1. The molecule has 0 amide bonds. The predicted octanol–water partition coefficient (Wildman–Crippen LogP) is 1.66. The molecule has 0 radical (unpaired) electrons. The first-order chi connectivity index (χ1) is 8.00. The van der Waals surface area contributed by atoms with Gasteiger partial charge in [-0.05, 0) is 26.8 Å². The molecule has 1 aromatic rings. The van der Waals surface area contributed by atoms with Crippen molar-refractivity contribution in [3.05, 3.63) is 23.2 Å². The van der Waals surface area contributed by atoms with Crippen molar-refractivity contribution in [1.29, 1.82) is 0 Å². The van der Waals surface area contributed by atoms with Gasteiger partial charge in [-0.25, -0.2) is 0 Å². The van der Waals surface area contributed by atoms with Gasteiger partial charge in [0, 0.05) is 25.2 Å². The number of morpholine rings is 1. The third-order valence-electron chi connectivity index (χ3n) is 3.18. The maximum atomic E-state index is 5.71. The summed E-state index contributed by atoms with van der Waals surface area (Å²) in [4.78, 5) is 2.36. The van der Waals surface area contributed by atoms with Gasteiger partial charge in [0.15, 0.2) is 0 Å². The average molecular weight is 238 g/mol. The Morgan fingerprint density at radius 2 is 2.24 bits per heavy atom. The van der Waals surface area contributed by atoms with Crippen molar-refractivity contribution in [3.8, 4) is 0 Å². The second-order valence-electron chi connectivity index (χ2n) is 5.32. The third kappa shape index (κ3) is 3.09. The smallest absolute Gasteiger partial charge is 0.118 e. The largest absolute Gasteiger partial charge is 0.465 e. The number of nitrogens with zero attached hydrogens (tertiary/aromatic N) is 1. The fraction of sp³-hybridized carbons (Fsp3) is 0.692. The molecule has 4 nitrogen and oxygen atoms in total. The van der Waals surface area contributed by atoms with Crippen molar-refractivity contribution in [2.24, 2.45) is 5.73 Å². The first-order valence-electron chi connectivity index (χ1n) is 6.15. The van der Waals surface area contributed by atoms with Gasteiger partial charge in [0.25, 0.3) is 0 Å². The van der Waals surface area contributed by atoms with Crippen LogP contribution in [0.4, 0.5) is 0 Å². The summed E-state index contributed by atoms with van der Waals surface area (Å²) in [5, 5.41) is 0. The molecule has 17 heavy (non-hydrogen) atoms. The molecule has 2 N–H and O–H groups in total. The number of hydrogen-bond donors (Lipinski definition) is 1. The Balaban J connectivity index is 2.00. The van der Waals surface area contributed by atoms with Crippen molar-refractivity contribution in [2.45, 2.75) is 39.5 Å². The molecule has 2 rings (SSSR count). The lowest BCUT2D eigenvalue weighted by Gasteiger charge is -2.37. The van der Waals surface area contributed by atoms with Crippen LogP contribution < -0.4 is 5.73 Å². The van der Waals surface area contributed by atoms with Gasteiger partial charge in [-0.3, -0.25) is 4.90 Å². The second kappa shape index (κ2) is 4.80. The highest BCUT2D eigenvalue weighted by Gasteiger charge is 2.27. The van der Waals surface area contributed by atoms with E-state index in [2.05, 4.69) is 24.8 Å². The van der Waals surface area contributed by atoms with Crippen LogP contribution in [0.25, 0.3) is 0 Å². The van der Waals surface area contributed by atoms with Gasteiger partial charge in [0.05, 0.1) is 18.8 Å². The number of furan rings is 1. The minimum absolute atomic E-state index is 0.0589. The number of hydrogen-bond acceptors (Lipinski definition) is 4. The van der Waals surface area contributed by atoms with Gasteiger partial charge < -0.3 is 14.9 Å². The minimum atomic E-state index is -0.0589. The molecule has 0 aromatic carbocycles. The molecular formula is C13H22N2O2. The molecule has 0 unspecified atom stereocenters. The van der Waals surface area contributed by atoms with Gasteiger partial charge in [-0.1, -0.05) is 0 Å². The highest BCUT2D eigenvalue weighted by molar-refractivity contribution is 5.20. The normalized spacial score (nSPS) is 20.7. The highest BCUT2D eigenvalue weighted by Crippen LogP contribution is 2.20. The molecule has 0 aliphatic carbocycles. The molecule has 1 saturated heterocycles. The summed E-state index contributed by atoms with van der Waals surface area (Å²) in [6.45, 7) is 10.3. The first kappa shape index (κ1) is 12.6. The predicted molar refractivity (Wildman–Crippen MR) is 66.6 cm³/mol.